The van der Waals surface area contributed by atoms with Crippen molar-refractivity contribution in [3.63, 3.8) is 0 Å². The minimum absolute atomic E-state index is 0.103. The van der Waals surface area contributed by atoms with Gasteiger partial charge in [-0.05, 0) is 19.8 Å². The lowest BCUT2D eigenvalue weighted by atomic mass is 9.92. The molecular formula is C15H23N3O4. The summed E-state index contributed by atoms with van der Waals surface area (Å²) in [5.74, 6) is 0.471. The zero-order valence-corrected chi connectivity index (χ0v) is 13.3. The summed E-state index contributed by atoms with van der Waals surface area (Å²) in [5.41, 5.74) is -0.0852. The van der Waals surface area contributed by atoms with Crippen molar-refractivity contribution in [2.45, 2.75) is 45.2 Å². The zero-order valence-electron chi connectivity index (χ0n) is 13.3. The van der Waals surface area contributed by atoms with Crippen molar-refractivity contribution in [1.29, 1.82) is 0 Å². The highest BCUT2D eigenvalue weighted by molar-refractivity contribution is 5.80. The van der Waals surface area contributed by atoms with Crippen molar-refractivity contribution >= 4 is 11.8 Å². The Hall–Kier alpha value is -1.89. The van der Waals surface area contributed by atoms with Crippen molar-refractivity contribution in [3.8, 4) is 0 Å². The molecule has 1 fully saturated rings. The van der Waals surface area contributed by atoms with Crippen LogP contribution in [0.15, 0.2) is 10.6 Å². The standard InChI is InChI=1S/C15H23N3O4/c1-11-7-13(16-22-11)9-17(3)14(21)8-15(10-19)5-4-6-18(15)12(2)20/h7,19H,4-6,8-10H2,1-3H3. The third-order valence-corrected chi connectivity index (χ3v) is 4.25. The monoisotopic (exact) mass is 309 g/mol. The molecule has 122 valence electrons. The van der Waals surface area contributed by atoms with E-state index in [9.17, 15) is 14.7 Å². The molecule has 1 aliphatic heterocycles. The Morgan fingerprint density at radius 1 is 1.55 bits per heavy atom. The van der Waals surface area contributed by atoms with Gasteiger partial charge < -0.3 is 19.4 Å². The molecule has 1 unspecified atom stereocenters. The number of aliphatic hydroxyl groups is 1. The van der Waals surface area contributed by atoms with E-state index in [0.717, 1.165) is 6.42 Å². The van der Waals surface area contributed by atoms with Crippen molar-refractivity contribution in [2.75, 3.05) is 20.2 Å². The summed E-state index contributed by atoms with van der Waals surface area (Å²) >= 11 is 0. The minimum Gasteiger partial charge on any atom is -0.394 e. The largest absolute Gasteiger partial charge is 0.394 e. The fourth-order valence-electron chi connectivity index (χ4n) is 3.07. The van der Waals surface area contributed by atoms with E-state index >= 15 is 0 Å². The van der Waals surface area contributed by atoms with E-state index in [1.54, 1.807) is 29.8 Å². The predicted octanol–water partition coefficient (Wildman–Crippen LogP) is 0.705. The smallest absolute Gasteiger partial charge is 0.225 e. The number of carbonyl (C=O) groups is 2. The maximum absolute atomic E-state index is 12.5. The van der Waals surface area contributed by atoms with Crippen LogP contribution in [-0.4, -0.2) is 57.6 Å². The van der Waals surface area contributed by atoms with Crippen LogP contribution >= 0.6 is 0 Å². The van der Waals surface area contributed by atoms with Crippen LogP contribution in [0.4, 0.5) is 0 Å². The van der Waals surface area contributed by atoms with E-state index in [-0.39, 0.29) is 24.8 Å². The first kappa shape index (κ1) is 16.5. The molecule has 1 aromatic heterocycles. The third kappa shape index (κ3) is 3.30. The first-order valence-corrected chi connectivity index (χ1v) is 7.43. The molecule has 1 saturated heterocycles. The number of likely N-dealkylation sites (tertiary alicyclic amines) is 1. The van der Waals surface area contributed by atoms with Crippen LogP contribution in [0.5, 0.6) is 0 Å². The number of aryl methyl sites for hydroxylation is 1. The first-order valence-electron chi connectivity index (χ1n) is 7.43. The molecule has 2 amide bonds. The van der Waals surface area contributed by atoms with Crippen LogP contribution in [0.1, 0.15) is 37.6 Å². The number of aliphatic hydroxyl groups excluding tert-OH is 1. The van der Waals surface area contributed by atoms with Crippen molar-refractivity contribution in [3.05, 3.63) is 17.5 Å². The van der Waals surface area contributed by atoms with E-state index in [0.29, 0.717) is 31.0 Å². The average molecular weight is 309 g/mol. The van der Waals surface area contributed by atoms with Gasteiger partial charge in [-0.1, -0.05) is 5.16 Å². The maximum Gasteiger partial charge on any atom is 0.225 e. The molecular weight excluding hydrogens is 286 g/mol. The molecule has 1 aromatic rings. The van der Waals surface area contributed by atoms with Crippen LogP contribution in [-0.2, 0) is 16.1 Å². The molecule has 7 nitrogen and oxygen atoms in total. The number of hydrogen-bond donors (Lipinski definition) is 1. The number of amides is 2. The molecule has 0 bridgehead atoms. The molecule has 0 spiro atoms. The first-order chi connectivity index (χ1) is 10.4. The van der Waals surface area contributed by atoms with Crippen LogP contribution < -0.4 is 0 Å². The van der Waals surface area contributed by atoms with Gasteiger partial charge in [-0.3, -0.25) is 9.59 Å². The lowest BCUT2D eigenvalue weighted by Gasteiger charge is -2.37. The molecule has 0 aliphatic carbocycles. The van der Waals surface area contributed by atoms with Crippen LogP contribution in [0.3, 0.4) is 0 Å². The van der Waals surface area contributed by atoms with E-state index in [4.69, 9.17) is 4.52 Å². The van der Waals surface area contributed by atoms with E-state index in [2.05, 4.69) is 5.16 Å². The van der Waals surface area contributed by atoms with Gasteiger partial charge in [0.2, 0.25) is 11.8 Å². The number of aromatic nitrogens is 1. The van der Waals surface area contributed by atoms with Gasteiger partial charge in [-0.2, -0.15) is 0 Å². The highest BCUT2D eigenvalue weighted by Crippen LogP contribution is 2.32. The molecule has 7 heteroatoms. The summed E-state index contributed by atoms with van der Waals surface area (Å²) < 4.78 is 4.99. The molecule has 0 aromatic carbocycles. The summed E-state index contributed by atoms with van der Waals surface area (Å²) in [6.45, 7) is 4.01. The van der Waals surface area contributed by atoms with Crippen molar-refractivity contribution < 1.29 is 19.2 Å². The Labute approximate surface area is 129 Å². The van der Waals surface area contributed by atoms with Crippen molar-refractivity contribution in [2.24, 2.45) is 0 Å². The Bertz CT molecular complexity index is 557. The van der Waals surface area contributed by atoms with Gasteiger partial charge in [-0.25, -0.2) is 0 Å². The molecule has 2 heterocycles. The van der Waals surface area contributed by atoms with E-state index in [1.807, 2.05) is 0 Å². The average Bonchev–Trinajstić information content (AvgIpc) is 3.05. The van der Waals surface area contributed by atoms with E-state index in [1.165, 1.54) is 6.92 Å². The number of nitrogens with zero attached hydrogens (tertiary/aromatic N) is 3. The summed E-state index contributed by atoms with van der Waals surface area (Å²) in [6.07, 6.45) is 1.57. The summed E-state index contributed by atoms with van der Waals surface area (Å²) in [4.78, 5) is 27.4. The maximum atomic E-state index is 12.5. The topological polar surface area (TPSA) is 86.9 Å². The second kappa shape index (κ2) is 6.48. The van der Waals surface area contributed by atoms with Crippen LogP contribution in [0, 0.1) is 6.92 Å². The Balaban J connectivity index is 2.04. The van der Waals surface area contributed by atoms with Gasteiger partial charge in [0.15, 0.2) is 0 Å². The number of hydrogen-bond acceptors (Lipinski definition) is 5. The third-order valence-electron chi connectivity index (χ3n) is 4.25. The van der Waals surface area contributed by atoms with Crippen molar-refractivity contribution in [1.82, 2.24) is 15.0 Å². The number of rotatable bonds is 5. The lowest BCUT2D eigenvalue weighted by molar-refractivity contribution is -0.140. The zero-order chi connectivity index (χ0) is 16.3. The summed E-state index contributed by atoms with van der Waals surface area (Å²) in [7, 11) is 1.68. The van der Waals surface area contributed by atoms with Gasteiger partial charge in [0.1, 0.15) is 11.5 Å². The Morgan fingerprint density at radius 2 is 2.27 bits per heavy atom. The van der Waals surface area contributed by atoms with E-state index < -0.39 is 5.54 Å². The molecule has 2 rings (SSSR count). The fourth-order valence-corrected chi connectivity index (χ4v) is 3.07. The Morgan fingerprint density at radius 3 is 2.82 bits per heavy atom. The van der Waals surface area contributed by atoms with Gasteiger partial charge in [-0.15, -0.1) is 0 Å². The fraction of sp³-hybridized carbons (Fsp3) is 0.667. The molecule has 0 radical (unpaired) electrons. The van der Waals surface area contributed by atoms with Gasteiger partial charge in [0, 0.05) is 26.6 Å². The predicted molar refractivity (Wildman–Crippen MR) is 78.8 cm³/mol. The second-order valence-electron chi connectivity index (χ2n) is 6.01. The highest BCUT2D eigenvalue weighted by atomic mass is 16.5. The highest BCUT2D eigenvalue weighted by Gasteiger charge is 2.44. The summed E-state index contributed by atoms with van der Waals surface area (Å²) in [6, 6.07) is 1.78. The SMILES string of the molecule is CC(=O)N1CCCC1(CO)CC(=O)N(C)Cc1cc(C)on1. The van der Waals surface area contributed by atoms with Crippen LogP contribution in [0.2, 0.25) is 0 Å². The minimum atomic E-state index is -0.767. The van der Waals surface area contributed by atoms with Crippen LogP contribution in [0.25, 0.3) is 0 Å². The van der Waals surface area contributed by atoms with Gasteiger partial charge in [0.25, 0.3) is 0 Å². The molecule has 22 heavy (non-hydrogen) atoms. The molecule has 0 saturated carbocycles. The van der Waals surface area contributed by atoms with Gasteiger partial charge >= 0.3 is 0 Å². The molecule has 1 aliphatic rings. The number of carbonyl (C=O) groups excluding carboxylic acids is 2. The van der Waals surface area contributed by atoms with Gasteiger partial charge in [0.05, 0.1) is 25.1 Å². The second-order valence-corrected chi connectivity index (χ2v) is 6.01. The lowest BCUT2D eigenvalue weighted by Crippen LogP contribution is -2.52. The normalized spacial score (nSPS) is 21.2. The molecule has 1 N–H and O–H groups in total. The molecule has 1 atom stereocenters. The quantitative estimate of drug-likeness (QED) is 0.865. The Kier molecular flexibility index (Phi) is 4.85. The summed E-state index contributed by atoms with van der Waals surface area (Å²) in [5, 5.41) is 13.6.